The van der Waals surface area contributed by atoms with E-state index < -0.39 is 29.3 Å². The minimum atomic E-state index is -0.891. The molecule has 5 nitrogen and oxygen atoms in total. The molecule has 9 unspecified atom stereocenters. The van der Waals surface area contributed by atoms with Gasteiger partial charge in [-0.15, -0.1) is 0 Å². The number of piperidine rings is 1. The number of quaternary nitrogens is 1. The van der Waals surface area contributed by atoms with Gasteiger partial charge in [0.1, 0.15) is 11.6 Å². The van der Waals surface area contributed by atoms with Crippen molar-refractivity contribution in [1.82, 2.24) is 0 Å². The van der Waals surface area contributed by atoms with Crippen molar-refractivity contribution in [2.24, 2.45) is 17.3 Å². The van der Waals surface area contributed by atoms with Crippen LogP contribution in [0.25, 0.3) is 0 Å². The van der Waals surface area contributed by atoms with Crippen LogP contribution in [-0.4, -0.2) is 76.0 Å². The van der Waals surface area contributed by atoms with E-state index in [1.54, 1.807) is 0 Å². The molecule has 2 saturated heterocycles. The summed E-state index contributed by atoms with van der Waals surface area (Å²) in [6, 6.07) is 0.0936. The summed E-state index contributed by atoms with van der Waals surface area (Å²) in [6.07, 6.45) is 4.30. The largest absolute Gasteiger partial charge is 0.390 e. The van der Waals surface area contributed by atoms with Crippen LogP contribution >= 0.6 is 0 Å². The number of hydrogen-bond donors (Lipinski definition) is 3. The molecule has 0 amide bonds. The van der Waals surface area contributed by atoms with E-state index in [1.807, 2.05) is 0 Å². The topological polar surface area (TPSA) is 69.9 Å². The summed E-state index contributed by atoms with van der Waals surface area (Å²) >= 11 is 0. The fourth-order valence-electron chi connectivity index (χ4n) is 7.50. The average Bonchev–Trinajstić information content (AvgIpc) is 3.35. The first kappa shape index (κ1) is 18.6. The second-order valence-electron chi connectivity index (χ2n) is 10.6. The molecule has 5 rings (SSSR count). The third kappa shape index (κ3) is 2.29. The zero-order chi connectivity index (χ0) is 19.2. The van der Waals surface area contributed by atoms with Crippen LogP contribution in [0.3, 0.4) is 0 Å². The van der Waals surface area contributed by atoms with Gasteiger partial charge in [-0.3, -0.25) is 0 Å². The van der Waals surface area contributed by atoms with Crippen LogP contribution in [0.1, 0.15) is 51.9 Å². The van der Waals surface area contributed by atoms with Crippen LogP contribution in [0.2, 0.25) is 0 Å². The van der Waals surface area contributed by atoms with Gasteiger partial charge in [-0.05, 0) is 45.4 Å². The quantitative estimate of drug-likeness (QED) is 0.504. The lowest BCUT2D eigenvalue weighted by atomic mass is 9.48. The van der Waals surface area contributed by atoms with Crippen molar-refractivity contribution in [3.8, 4) is 0 Å². The SMILES string of the molecule is C=C1CCC(O)C2OC3C(O)CCC4(O)C(C)[N+](C)(CC5CC5)CCC34C12. The Morgan fingerprint density at radius 2 is 1.89 bits per heavy atom. The number of rotatable bonds is 2. The summed E-state index contributed by atoms with van der Waals surface area (Å²) in [7, 11) is 2.31. The Hall–Kier alpha value is -0.460. The average molecular weight is 379 g/mol. The molecule has 5 heteroatoms. The van der Waals surface area contributed by atoms with Crippen LogP contribution < -0.4 is 0 Å². The van der Waals surface area contributed by atoms with E-state index in [4.69, 9.17) is 4.74 Å². The van der Waals surface area contributed by atoms with Crippen molar-refractivity contribution in [3.63, 3.8) is 0 Å². The molecule has 1 spiro atoms. The minimum absolute atomic E-state index is 0.0525. The van der Waals surface area contributed by atoms with Gasteiger partial charge in [-0.2, -0.15) is 0 Å². The smallest absolute Gasteiger partial charge is 0.125 e. The number of fused-ring (bicyclic) bond motifs is 1. The van der Waals surface area contributed by atoms with Crippen molar-refractivity contribution in [1.29, 1.82) is 0 Å². The molecule has 0 aromatic rings. The van der Waals surface area contributed by atoms with E-state index in [0.717, 1.165) is 41.9 Å². The Labute approximate surface area is 162 Å². The molecule has 9 atom stereocenters. The predicted octanol–water partition coefficient (Wildman–Crippen LogP) is 1.60. The number of nitrogens with zero attached hydrogens (tertiary/aromatic N) is 1. The molecule has 0 aromatic carbocycles. The van der Waals surface area contributed by atoms with Crippen molar-refractivity contribution in [3.05, 3.63) is 12.2 Å². The maximum Gasteiger partial charge on any atom is 0.125 e. The molecule has 27 heavy (non-hydrogen) atoms. The highest BCUT2D eigenvalue weighted by molar-refractivity contribution is 5.28. The van der Waals surface area contributed by atoms with E-state index >= 15 is 0 Å². The summed E-state index contributed by atoms with van der Waals surface area (Å²) in [6.45, 7) is 8.71. The highest BCUT2D eigenvalue weighted by Gasteiger charge is 2.76. The molecule has 5 aliphatic rings. The Balaban J connectivity index is 1.59. The summed E-state index contributed by atoms with van der Waals surface area (Å²) in [4.78, 5) is 0. The van der Waals surface area contributed by atoms with Crippen LogP contribution in [0.5, 0.6) is 0 Å². The molecular weight excluding hydrogens is 342 g/mol. The predicted molar refractivity (Wildman–Crippen MR) is 102 cm³/mol. The van der Waals surface area contributed by atoms with Crippen LogP contribution in [0.4, 0.5) is 0 Å². The number of aliphatic hydroxyl groups is 3. The van der Waals surface area contributed by atoms with Crippen LogP contribution in [-0.2, 0) is 4.74 Å². The van der Waals surface area contributed by atoms with Crippen LogP contribution in [0, 0.1) is 17.3 Å². The van der Waals surface area contributed by atoms with Gasteiger partial charge in [-0.25, -0.2) is 0 Å². The summed E-state index contributed by atoms with van der Waals surface area (Å²) in [5.74, 6) is 0.752. The first-order valence-corrected chi connectivity index (χ1v) is 11.0. The maximum atomic E-state index is 12.3. The minimum Gasteiger partial charge on any atom is -0.390 e. The van der Waals surface area contributed by atoms with Gasteiger partial charge in [0.15, 0.2) is 0 Å². The molecule has 3 saturated carbocycles. The first-order valence-electron chi connectivity index (χ1n) is 11.0. The van der Waals surface area contributed by atoms with Gasteiger partial charge in [-0.1, -0.05) is 12.2 Å². The molecular formula is C22H36NO4+. The summed E-state index contributed by atoms with van der Waals surface area (Å²) in [5, 5.41) is 33.9. The maximum absolute atomic E-state index is 12.3. The monoisotopic (exact) mass is 378 g/mol. The lowest BCUT2D eigenvalue weighted by molar-refractivity contribution is -0.949. The highest BCUT2D eigenvalue weighted by Crippen LogP contribution is 2.66. The Morgan fingerprint density at radius 3 is 2.59 bits per heavy atom. The van der Waals surface area contributed by atoms with Gasteiger partial charge in [0.25, 0.3) is 0 Å². The zero-order valence-corrected chi connectivity index (χ0v) is 16.8. The fourth-order valence-corrected chi connectivity index (χ4v) is 7.50. The standard InChI is InChI=1S/C22H36NO4/c1-13-4-7-16(24)19-18(13)21-10-11-23(3,12-15-5-6-15)14(2)22(21,26)9-8-17(25)20(21)27-19/h14-20,24-26H,1,4-12H2,2-3H3/q+1. The zero-order valence-electron chi connectivity index (χ0n) is 16.8. The van der Waals surface area contributed by atoms with E-state index in [-0.39, 0.29) is 18.1 Å². The van der Waals surface area contributed by atoms with Gasteiger partial charge in [0.05, 0.1) is 44.6 Å². The molecule has 3 aliphatic carbocycles. The number of likely N-dealkylation sites (tertiary alicyclic amines) is 1. The van der Waals surface area contributed by atoms with E-state index in [2.05, 4.69) is 20.6 Å². The van der Waals surface area contributed by atoms with Gasteiger partial charge >= 0.3 is 0 Å². The molecule has 0 aromatic heterocycles. The molecule has 2 aliphatic heterocycles. The summed E-state index contributed by atoms with van der Waals surface area (Å²) in [5.41, 5.74) is -0.307. The number of ether oxygens (including phenoxy) is 1. The first-order chi connectivity index (χ1) is 12.7. The molecule has 2 heterocycles. The lowest BCUT2D eigenvalue weighted by Gasteiger charge is -2.64. The molecule has 0 radical (unpaired) electrons. The van der Waals surface area contributed by atoms with Gasteiger partial charge < -0.3 is 24.5 Å². The molecule has 152 valence electrons. The van der Waals surface area contributed by atoms with Crippen molar-refractivity contribution >= 4 is 0 Å². The Morgan fingerprint density at radius 1 is 1.15 bits per heavy atom. The lowest BCUT2D eigenvalue weighted by Crippen LogP contribution is -2.78. The van der Waals surface area contributed by atoms with E-state index in [0.29, 0.717) is 19.3 Å². The van der Waals surface area contributed by atoms with Gasteiger partial charge in [0, 0.05) is 23.7 Å². The van der Waals surface area contributed by atoms with E-state index in [9.17, 15) is 15.3 Å². The Kier molecular flexibility index (Phi) is 3.98. The second kappa shape index (κ2) is 5.79. The van der Waals surface area contributed by atoms with Crippen molar-refractivity contribution in [2.75, 3.05) is 20.1 Å². The second-order valence-corrected chi connectivity index (χ2v) is 10.6. The highest BCUT2D eigenvalue weighted by atomic mass is 16.5. The molecule has 5 fully saturated rings. The number of aliphatic hydroxyl groups excluding tert-OH is 2. The van der Waals surface area contributed by atoms with Crippen molar-refractivity contribution in [2.45, 2.75) is 87.9 Å². The summed E-state index contributed by atoms with van der Waals surface area (Å²) < 4.78 is 7.29. The number of hydrogen-bond acceptors (Lipinski definition) is 4. The number of likely N-dealkylation sites (N-methyl/N-ethyl adjacent to an activating group) is 1. The fraction of sp³-hybridized carbons (Fsp3) is 0.909. The Bertz CT molecular complexity index is 650. The van der Waals surface area contributed by atoms with E-state index in [1.165, 1.54) is 12.8 Å². The third-order valence-corrected chi connectivity index (χ3v) is 9.29. The normalized spacial score (nSPS) is 57.7. The van der Waals surface area contributed by atoms with Gasteiger partial charge in [0.2, 0.25) is 0 Å². The van der Waals surface area contributed by atoms with Crippen LogP contribution in [0.15, 0.2) is 12.2 Å². The third-order valence-electron chi connectivity index (χ3n) is 9.29. The molecule has 0 bridgehead atoms. The molecule has 3 N–H and O–H groups in total. The van der Waals surface area contributed by atoms with Crippen molar-refractivity contribution < 1.29 is 24.5 Å².